The molecule has 1 N–H and O–H groups in total. The summed E-state index contributed by atoms with van der Waals surface area (Å²) in [6, 6.07) is 9.58. The minimum absolute atomic E-state index is 0.307. The molecule has 1 fully saturated rings. The van der Waals surface area contributed by atoms with E-state index in [-0.39, 0.29) is 5.91 Å². The van der Waals surface area contributed by atoms with Crippen molar-refractivity contribution in [3.05, 3.63) is 48.0 Å². The van der Waals surface area contributed by atoms with Crippen LogP contribution >= 0.6 is 0 Å². The third kappa shape index (κ3) is 3.51. The Labute approximate surface area is 172 Å². The van der Waals surface area contributed by atoms with Gasteiger partial charge in [0.2, 0.25) is 5.95 Å². The molecule has 1 amide bonds. The number of ether oxygens (including phenoxy) is 1. The van der Waals surface area contributed by atoms with Crippen molar-refractivity contribution >= 4 is 28.7 Å². The number of anilines is 1. The predicted molar refractivity (Wildman–Crippen MR) is 110 cm³/mol. The van der Waals surface area contributed by atoms with Crippen molar-refractivity contribution in [3.8, 4) is 0 Å². The molecule has 154 valence electrons. The Morgan fingerprint density at radius 2 is 2.00 bits per heavy atom. The first-order valence-electron chi connectivity index (χ1n) is 9.93. The molecular weight excluding hydrogens is 384 g/mol. The maximum atomic E-state index is 13.1. The van der Waals surface area contributed by atoms with E-state index in [9.17, 15) is 4.79 Å². The van der Waals surface area contributed by atoms with Crippen molar-refractivity contribution in [2.24, 2.45) is 0 Å². The van der Waals surface area contributed by atoms with Crippen LogP contribution in [-0.4, -0.2) is 72.8 Å². The zero-order chi connectivity index (χ0) is 20.5. The lowest BCUT2D eigenvalue weighted by Crippen LogP contribution is -2.38. The number of amides is 1. The van der Waals surface area contributed by atoms with E-state index in [4.69, 9.17) is 4.74 Å². The van der Waals surface area contributed by atoms with E-state index in [2.05, 4.69) is 34.8 Å². The molecule has 30 heavy (non-hydrogen) atoms. The molecular formula is C20H22N8O2. The quantitative estimate of drug-likeness (QED) is 0.534. The molecule has 1 aliphatic heterocycles. The highest BCUT2D eigenvalue weighted by Crippen LogP contribution is 2.20. The van der Waals surface area contributed by atoms with Crippen LogP contribution in [0.15, 0.2) is 36.7 Å². The number of aryl methyl sites for hydroxylation is 1. The summed E-state index contributed by atoms with van der Waals surface area (Å²) < 4.78 is 8.92. The summed E-state index contributed by atoms with van der Waals surface area (Å²) in [5.41, 5.74) is 2.88. The average molecular weight is 406 g/mol. The zero-order valence-electron chi connectivity index (χ0n) is 16.7. The smallest absolute Gasteiger partial charge is 0.276 e. The van der Waals surface area contributed by atoms with E-state index >= 15 is 0 Å². The number of nitrogens with one attached hydrogen (secondary N) is 1. The van der Waals surface area contributed by atoms with Crippen molar-refractivity contribution in [1.82, 2.24) is 34.0 Å². The number of hydrogen-bond acceptors (Lipinski definition) is 7. The fourth-order valence-corrected chi connectivity index (χ4v) is 3.72. The highest BCUT2D eigenvalue weighted by Gasteiger charge is 2.19. The van der Waals surface area contributed by atoms with Crippen LogP contribution < -0.4 is 5.32 Å². The van der Waals surface area contributed by atoms with Gasteiger partial charge in [-0.2, -0.15) is 14.6 Å². The van der Waals surface area contributed by atoms with Crippen LogP contribution in [0, 0.1) is 6.92 Å². The summed E-state index contributed by atoms with van der Waals surface area (Å²) in [5.74, 6) is 0.595. The van der Waals surface area contributed by atoms with Crippen LogP contribution in [0.2, 0.25) is 0 Å². The molecule has 1 aromatic carbocycles. The lowest BCUT2D eigenvalue weighted by molar-refractivity contribution is 0.0366. The van der Waals surface area contributed by atoms with E-state index in [0.717, 1.165) is 43.9 Å². The molecule has 0 bridgehead atoms. The zero-order valence-corrected chi connectivity index (χ0v) is 16.7. The second-order valence-electron chi connectivity index (χ2n) is 7.24. The van der Waals surface area contributed by atoms with E-state index in [0.29, 0.717) is 29.7 Å². The Balaban J connectivity index is 1.45. The highest BCUT2D eigenvalue weighted by atomic mass is 16.5. The van der Waals surface area contributed by atoms with Gasteiger partial charge in [-0.15, -0.1) is 0 Å². The SMILES string of the molecule is Cc1cc(C(=O)Nc2nc3ccccc3n2CCN2CCOCC2)n2ncnc2n1. The van der Waals surface area contributed by atoms with Gasteiger partial charge < -0.3 is 9.30 Å². The largest absolute Gasteiger partial charge is 0.379 e. The molecule has 1 saturated heterocycles. The topological polar surface area (TPSA) is 102 Å². The highest BCUT2D eigenvalue weighted by molar-refractivity contribution is 6.03. The van der Waals surface area contributed by atoms with E-state index < -0.39 is 0 Å². The van der Waals surface area contributed by atoms with Gasteiger partial charge in [0.25, 0.3) is 11.7 Å². The van der Waals surface area contributed by atoms with Gasteiger partial charge in [-0.25, -0.2) is 9.97 Å². The summed E-state index contributed by atoms with van der Waals surface area (Å²) in [6.45, 7) is 6.72. The summed E-state index contributed by atoms with van der Waals surface area (Å²) in [4.78, 5) is 28.5. The number of imidazole rings is 1. The number of rotatable bonds is 5. The van der Waals surface area contributed by atoms with Crippen molar-refractivity contribution in [1.29, 1.82) is 0 Å². The fraction of sp³-hybridized carbons (Fsp3) is 0.350. The first-order chi connectivity index (χ1) is 14.7. The molecule has 4 aromatic rings. The number of fused-ring (bicyclic) bond motifs is 2. The molecule has 0 radical (unpaired) electrons. The predicted octanol–water partition coefficient (Wildman–Crippen LogP) is 1.37. The Kier molecular flexibility index (Phi) is 4.85. The van der Waals surface area contributed by atoms with Gasteiger partial charge in [0, 0.05) is 31.9 Å². The van der Waals surface area contributed by atoms with Crippen LogP contribution in [0.25, 0.3) is 16.8 Å². The maximum Gasteiger partial charge on any atom is 0.276 e. The number of para-hydroxylation sites is 2. The van der Waals surface area contributed by atoms with Gasteiger partial charge in [-0.3, -0.25) is 15.0 Å². The van der Waals surface area contributed by atoms with Gasteiger partial charge >= 0.3 is 0 Å². The molecule has 0 aliphatic carbocycles. The molecule has 1 aliphatic rings. The third-order valence-corrected chi connectivity index (χ3v) is 5.24. The lowest BCUT2D eigenvalue weighted by atomic mass is 10.3. The number of carbonyl (C=O) groups is 1. The molecule has 10 heteroatoms. The van der Waals surface area contributed by atoms with Crippen LogP contribution in [-0.2, 0) is 11.3 Å². The van der Waals surface area contributed by atoms with E-state index in [1.807, 2.05) is 31.2 Å². The van der Waals surface area contributed by atoms with Gasteiger partial charge in [-0.1, -0.05) is 12.1 Å². The summed E-state index contributed by atoms with van der Waals surface area (Å²) in [6.07, 6.45) is 1.39. The lowest BCUT2D eigenvalue weighted by Gasteiger charge is -2.26. The Hall–Kier alpha value is -3.37. The van der Waals surface area contributed by atoms with Crippen LogP contribution in [0.5, 0.6) is 0 Å². The van der Waals surface area contributed by atoms with Gasteiger partial charge in [0.05, 0.1) is 24.2 Å². The summed E-state index contributed by atoms with van der Waals surface area (Å²) in [5, 5.41) is 7.09. The molecule has 10 nitrogen and oxygen atoms in total. The molecule has 0 unspecified atom stereocenters. The van der Waals surface area contributed by atoms with Crippen LogP contribution in [0.4, 0.5) is 5.95 Å². The molecule has 5 rings (SSSR count). The summed E-state index contributed by atoms with van der Waals surface area (Å²) in [7, 11) is 0. The normalized spacial score (nSPS) is 15.1. The Bertz CT molecular complexity index is 1210. The Morgan fingerprint density at radius 3 is 2.87 bits per heavy atom. The number of carbonyl (C=O) groups excluding carboxylic acids is 1. The fourth-order valence-electron chi connectivity index (χ4n) is 3.72. The number of aromatic nitrogens is 6. The van der Waals surface area contributed by atoms with Crippen molar-refractivity contribution in [2.75, 3.05) is 38.2 Å². The van der Waals surface area contributed by atoms with E-state index in [1.165, 1.54) is 10.8 Å². The van der Waals surface area contributed by atoms with Crippen molar-refractivity contribution in [3.63, 3.8) is 0 Å². The number of benzene rings is 1. The standard InChI is InChI=1S/C20H22N8O2/c1-14-12-17(28-19(23-14)21-13-22-28)18(29)25-20-24-15-4-2-3-5-16(15)27(20)7-6-26-8-10-30-11-9-26/h2-5,12-13H,6-11H2,1H3,(H,24,25,29). The molecule has 4 heterocycles. The van der Waals surface area contributed by atoms with Gasteiger partial charge in [0.1, 0.15) is 12.0 Å². The molecule has 3 aromatic heterocycles. The van der Waals surface area contributed by atoms with Crippen LogP contribution in [0.3, 0.4) is 0 Å². The molecule has 0 spiro atoms. The first kappa shape index (κ1) is 18.6. The van der Waals surface area contributed by atoms with Gasteiger partial charge in [-0.05, 0) is 25.1 Å². The minimum Gasteiger partial charge on any atom is -0.379 e. The monoisotopic (exact) mass is 406 g/mol. The second kappa shape index (κ2) is 7.81. The molecule has 0 saturated carbocycles. The van der Waals surface area contributed by atoms with Crippen molar-refractivity contribution < 1.29 is 9.53 Å². The van der Waals surface area contributed by atoms with Crippen molar-refractivity contribution in [2.45, 2.75) is 13.5 Å². The summed E-state index contributed by atoms with van der Waals surface area (Å²) >= 11 is 0. The van der Waals surface area contributed by atoms with Gasteiger partial charge in [0.15, 0.2) is 0 Å². The third-order valence-electron chi connectivity index (χ3n) is 5.24. The number of morpholine rings is 1. The number of hydrogen-bond donors (Lipinski definition) is 1. The first-order valence-corrected chi connectivity index (χ1v) is 9.93. The minimum atomic E-state index is -0.307. The van der Waals surface area contributed by atoms with E-state index in [1.54, 1.807) is 6.07 Å². The van der Waals surface area contributed by atoms with Crippen LogP contribution in [0.1, 0.15) is 16.2 Å². The number of nitrogens with zero attached hydrogens (tertiary/aromatic N) is 7. The Morgan fingerprint density at radius 1 is 1.17 bits per heavy atom. The average Bonchev–Trinajstić information content (AvgIpc) is 3.36. The molecule has 0 atom stereocenters. The maximum absolute atomic E-state index is 13.1. The second-order valence-corrected chi connectivity index (χ2v) is 7.24.